The molecule has 0 saturated carbocycles. The highest BCUT2D eigenvalue weighted by atomic mass is 35.5. The molecule has 5 rings (SSSR count). The maximum Gasteiger partial charge on any atom is 0.338 e. The second kappa shape index (κ2) is 12.5. The van der Waals surface area contributed by atoms with E-state index in [2.05, 4.69) is 11.6 Å². The highest BCUT2D eigenvalue weighted by Gasteiger charge is 2.34. The summed E-state index contributed by atoms with van der Waals surface area (Å²) < 4.78 is 23.8. The molecule has 1 aliphatic heterocycles. The molecule has 0 spiro atoms. The number of allylic oxidation sites excluding steroid dienone is 1. The lowest BCUT2D eigenvalue weighted by molar-refractivity contribution is -0.138. The number of carbonyl (C=O) groups is 2. The fraction of sp³-hybridized carbons (Fsp3) is 0.161. The average molecular weight is 640 g/mol. The minimum Gasteiger partial charge on any atom is -0.493 e. The van der Waals surface area contributed by atoms with Crippen molar-refractivity contribution in [3.8, 4) is 22.8 Å². The Morgan fingerprint density at radius 2 is 1.91 bits per heavy atom. The molecule has 0 aliphatic carbocycles. The van der Waals surface area contributed by atoms with Crippen molar-refractivity contribution >= 4 is 52.6 Å². The number of carbonyl (C=O) groups excluding carboxylic acids is 2. The van der Waals surface area contributed by atoms with E-state index in [9.17, 15) is 14.4 Å². The van der Waals surface area contributed by atoms with Gasteiger partial charge >= 0.3 is 11.9 Å². The lowest BCUT2D eigenvalue weighted by atomic mass is 9.95. The Labute approximate surface area is 259 Å². The summed E-state index contributed by atoms with van der Waals surface area (Å²) in [5.74, 6) is 0.228. The molecular formula is C31H24Cl2N2O7S. The summed E-state index contributed by atoms with van der Waals surface area (Å²) in [6.07, 6.45) is 3.06. The minimum absolute atomic E-state index is 0.0267. The first-order valence-electron chi connectivity index (χ1n) is 12.8. The lowest BCUT2D eigenvalue weighted by Gasteiger charge is -2.25. The quantitative estimate of drug-likeness (QED) is 0.143. The summed E-state index contributed by atoms with van der Waals surface area (Å²) in [6.45, 7) is 6.52. The number of halogens is 2. The van der Waals surface area contributed by atoms with E-state index in [1.54, 1.807) is 61.5 Å². The van der Waals surface area contributed by atoms with E-state index in [1.807, 2.05) is 0 Å². The molecule has 2 aromatic carbocycles. The van der Waals surface area contributed by atoms with Crippen LogP contribution >= 0.6 is 34.5 Å². The van der Waals surface area contributed by atoms with Crippen LogP contribution < -0.4 is 24.4 Å². The molecule has 2 aromatic heterocycles. The summed E-state index contributed by atoms with van der Waals surface area (Å²) >= 11 is 13.3. The second-order valence-corrected chi connectivity index (χ2v) is 11.1. The van der Waals surface area contributed by atoms with Crippen LogP contribution in [-0.4, -0.2) is 30.2 Å². The predicted molar refractivity (Wildman–Crippen MR) is 163 cm³/mol. The van der Waals surface area contributed by atoms with E-state index in [1.165, 1.54) is 24.7 Å². The Hall–Kier alpha value is -4.38. The first kappa shape index (κ1) is 30.1. The molecule has 3 heterocycles. The number of nitrogens with zero attached hydrogens (tertiary/aromatic N) is 2. The number of esters is 2. The molecule has 0 N–H and O–H groups in total. The largest absolute Gasteiger partial charge is 0.493 e. The smallest absolute Gasteiger partial charge is 0.338 e. The number of methoxy groups -OCH3 is 1. The maximum absolute atomic E-state index is 13.9. The van der Waals surface area contributed by atoms with Crippen molar-refractivity contribution < 1.29 is 28.2 Å². The predicted octanol–water partition coefficient (Wildman–Crippen LogP) is 5.47. The molecule has 0 radical (unpaired) electrons. The van der Waals surface area contributed by atoms with Crippen molar-refractivity contribution in [2.75, 3.05) is 13.7 Å². The number of ether oxygens (including phenoxy) is 3. The van der Waals surface area contributed by atoms with E-state index >= 15 is 0 Å². The third-order valence-electron chi connectivity index (χ3n) is 6.44. The third-order valence-corrected chi connectivity index (χ3v) is 8.16. The Balaban J connectivity index is 1.64. The number of hydrogen-bond acceptors (Lipinski definition) is 9. The molecular weight excluding hydrogens is 615 g/mol. The van der Waals surface area contributed by atoms with Gasteiger partial charge in [0.1, 0.15) is 18.1 Å². The first-order valence-corrected chi connectivity index (χ1v) is 14.4. The van der Waals surface area contributed by atoms with Crippen molar-refractivity contribution in [2.24, 2.45) is 4.99 Å². The van der Waals surface area contributed by atoms with Gasteiger partial charge in [0.2, 0.25) is 0 Å². The van der Waals surface area contributed by atoms with Gasteiger partial charge in [-0.3, -0.25) is 14.2 Å². The zero-order valence-corrected chi connectivity index (χ0v) is 25.5. The van der Waals surface area contributed by atoms with Crippen molar-refractivity contribution in [3.05, 3.63) is 114 Å². The third kappa shape index (κ3) is 6.08. The van der Waals surface area contributed by atoms with E-state index in [-0.39, 0.29) is 23.7 Å². The van der Waals surface area contributed by atoms with Crippen molar-refractivity contribution in [1.82, 2.24) is 4.57 Å². The van der Waals surface area contributed by atoms with Crippen LogP contribution in [0.1, 0.15) is 31.2 Å². The van der Waals surface area contributed by atoms with Crippen molar-refractivity contribution in [3.63, 3.8) is 0 Å². The van der Waals surface area contributed by atoms with Gasteiger partial charge in [0.05, 0.1) is 39.0 Å². The molecule has 220 valence electrons. The van der Waals surface area contributed by atoms with E-state index in [0.717, 1.165) is 16.9 Å². The molecule has 0 fully saturated rings. The van der Waals surface area contributed by atoms with Crippen LogP contribution in [0.15, 0.2) is 86.7 Å². The topological polar surface area (TPSA) is 109 Å². The fourth-order valence-electron chi connectivity index (χ4n) is 4.57. The molecule has 12 heteroatoms. The molecule has 1 aliphatic rings. The van der Waals surface area contributed by atoms with Gasteiger partial charge < -0.3 is 18.6 Å². The van der Waals surface area contributed by atoms with Crippen LogP contribution in [-0.2, 0) is 14.3 Å². The lowest BCUT2D eigenvalue weighted by Crippen LogP contribution is -2.40. The average Bonchev–Trinajstić information content (AvgIpc) is 3.56. The Kier molecular flexibility index (Phi) is 8.72. The zero-order valence-electron chi connectivity index (χ0n) is 23.2. The monoisotopic (exact) mass is 638 g/mol. The van der Waals surface area contributed by atoms with Crippen LogP contribution in [0.4, 0.5) is 0 Å². The van der Waals surface area contributed by atoms with Gasteiger partial charge in [-0.15, -0.1) is 0 Å². The van der Waals surface area contributed by atoms with Crippen LogP contribution in [0.2, 0.25) is 10.0 Å². The molecule has 0 bridgehead atoms. The van der Waals surface area contributed by atoms with Gasteiger partial charge in [0.15, 0.2) is 16.3 Å². The van der Waals surface area contributed by atoms with Gasteiger partial charge in [-0.1, -0.05) is 53.3 Å². The number of hydrogen-bond donors (Lipinski definition) is 0. The van der Waals surface area contributed by atoms with Crippen molar-refractivity contribution in [2.45, 2.75) is 19.9 Å². The van der Waals surface area contributed by atoms with Gasteiger partial charge in [0.25, 0.3) is 5.56 Å². The molecule has 1 atom stereocenters. The first-order chi connectivity index (χ1) is 20.6. The highest BCUT2D eigenvalue weighted by molar-refractivity contribution is 7.07. The molecule has 0 amide bonds. The Morgan fingerprint density at radius 1 is 1.12 bits per heavy atom. The number of thiazole rings is 1. The van der Waals surface area contributed by atoms with Crippen LogP contribution in [0.5, 0.6) is 11.5 Å². The molecule has 4 aromatic rings. The van der Waals surface area contributed by atoms with Gasteiger partial charge in [-0.25, -0.2) is 9.79 Å². The Bertz CT molecular complexity index is 1990. The number of rotatable bonds is 8. The molecule has 9 nitrogen and oxygen atoms in total. The number of fused-ring (bicyclic) bond motifs is 1. The number of furan rings is 1. The molecule has 0 saturated heterocycles. The van der Waals surface area contributed by atoms with Crippen molar-refractivity contribution in [1.29, 1.82) is 0 Å². The minimum atomic E-state index is -0.917. The molecule has 1 unspecified atom stereocenters. The summed E-state index contributed by atoms with van der Waals surface area (Å²) in [7, 11) is 1.42. The van der Waals surface area contributed by atoms with E-state index < -0.39 is 23.5 Å². The highest BCUT2D eigenvalue weighted by Crippen LogP contribution is 2.36. The zero-order chi connectivity index (χ0) is 30.8. The van der Waals surface area contributed by atoms with Crippen LogP contribution in [0, 0.1) is 0 Å². The van der Waals surface area contributed by atoms with Gasteiger partial charge in [-0.2, -0.15) is 0 Å². The number of benzene rings is 2. The second-order valence-electron chi connectivity index (χ2n) is 9.30. The SMILES string of the molecule is C=CCOC(=O)C1=C(C)N=c2sc(=Cc3ccc(-c4ccc(Cl)c(Cl)c4)o3)c(=O)n2C1c1ccc(OC(C)=O)c(OC)c1. The summed E-state index contributed by atoms with van der Waals surface area (Å²) in [4.78, 5) is 43.8. The van der Waals surface area contributed by atoms with Gasteiger partial charge in [0, 0.05) is 18.6 Å². The summed E-state index contributed by atoms with van der Waals surface area (Å²) in [5.41, 5.74) is 1.39. The van der Waals surface area contributed by atoms with E-state index in [0.29, 0.717) is 42.2 Å². The van der Waals surface area contributed by atoms with E-state index in [4.69, 9.17) is 41.8 Å². The summed E-state index contributed by atoms with van der Waals surface area (Å²) in [6, 6.07) is 12.5. The normalized spacial score (nSPS) is 14.6. The summed E-state index contributed by atoms with van der Waals surface area (Å²) in [5, 5.41) is 0.815. The van der Waals surface area contributed by atoms with Crippen LogP contribution in [0.3, 0.4) is 0 Å². The van der Waals surface area contributed by atoms with Crippen LogP contribution in [0.25, 0.3) is 17.4 Å². The molecule has 43 heavy (non-hydrogen) atoms. The van der Waals surface area contributed by atoms with Gasteiger partial charge in [-0.05, 0) is 55.0 Å². The standard InChI is InChI=1S/C31H24Cl2N2O7S/c1-5-12-40-30(38)27-16(2)34-31-35(28(27)19-7-10-24(41-17(3)36)25(14-19)39-4)29(37)26(43-31)15-20-8-11-23(42-20)18-6-9-21(32)22(33)13-18/h5-11,13-15,28H,1,12H2,2-4H3. The fourth-order valence-corrected chi connectivity index (χ4v) is 5.89. The Morgan fingerprint density at radius 3 is 2.60 bits per heavy atom. The number of aromatic nitrogens is 1. The maximum atomic E-state index is 13.9.